The van der Waals surface area contributed by atoms with Crippen molar-refractivity contribution in [2.75, 3.05) is 7.11 Å². The number of carbonyl (C=O) groups is 2. The molecule has 0 unspecified atom stereocenters. The van der Waals surface area contributed by atoms with E-state index in [2.05, 4.69) is 12.2 Å². The van der Waals surface area contributed by atoms with Crippen molar-refractivity contribution in [3.05, 3.63) is 64.7 Å². The lowest BCUT2D eigenvalue weighted by Crippen LogP contribution is -2.49. The van der Waals surface area contributed by atoms with Crippen molar-refractivity contribution in [2.24, 2.45) is 0 Å². The van der Waals surface area contributed by atoms with Crippen molar-refractivity contribution >= 4 is 11.8 Å². The highest BCUT2D eigenvalue weighted by atomic mass is 16.5. The number of benzene rings is 2. The van der Waals surface area contributed by atoms with Crippen molar-refractivity contribution < 1.29 is 14.3 Å². The molecule has 0 aliphatic carbocycles. The summed E-state index contributed by atoms with van der Waals surface area (Å²) < 4.78 is 5.31. The van der Waals surface area contributed by atoms with Gasteiger partial charge in [0.25, 0.3) is 0 Å². The summed E-state index contributed by atoms with van der Waals surface area (Å²) in [6, 6.07) is 13.1. The Morgan fingerprint density at radius 2 is 1.77 bits per heavy atom. The Bertz CT molecular complexity index is 878. The Kier molecular flexibility index (Phi) is 8.46. The zero-order valence-corrected chi connectivity index (χ0v) is 19.0. The molecule has 0 bridgehead atoms. The third-order valence-electron chi connectivity index (χ3n) is 5.58. The van der Waals surface area contributed by atoms with Crippen LogP contribution in [0.4, 0.5) is 0 Å². The molecule has 0 saturated heterocycles. The predicted molar refractivity (Wildman–Crippen MR) is 121 cm³/mol. The van der Waals surface area contributed by atoms with Gasteiger partial charge in [0.1, 0.15) is 11.8 Å². The van der Waals surface area contributed by atoms with Gasteiger partial charge in [-0.2, -0.15) is 0 Å². The largest absolute Gasteiger partial charge is 0.497 e. The SMILES string of the molecule is CC[C@@H](C)NC(=O)[C@@H](C)N(Cc1cccc(OC)c1)C(=O)Cc1ccc(C)c(C)c1. The quantitative estimate of drug-likeness (QED) is 0.674. The van der Waals surface area contributed by atoms with Gasteiger partial charge in [-0.25, -0.2) is 0 Å². The smallest absolute Gasteiger partial charge is 0.242 e. The molecule has 0 spiro atoms. The van der Waals surface area contributed by atoms with Crippen LogP contribution in [0.3, 0.4) is 0 Å². The van der Waals surface area contributed by atoms with Crippen molar-refractivity contribution in [1.29, 1.82) is 0 Å². The Morgan fingerprint density at radius 1 is 1.03 bits per heavy atom. The molecule has 0 aromatic heterocycles. The Hall–Kier alpha value is -2.82. The molecule has 5 nitrogen and oxygen atoms in total. The summed E-state index contributed by atoms with van der Waals surface area (Å²) in [5, 5.41) is 3.00. The van der Waals surface area contributed by atoms with Gasteiger partial charge in [-0.1, -0.05) is 37.3 Å². The van der Waals surface area contributed by atoms with Gasteiger partial charge in [0.05, 0.1) is 13.5 Å². The van der Waals surface area contributed by atoms with Crippen LogP contribution in [0.25, 0.3) is 0 Å². The van der Waals surface area contributed by atoms with E-state index < -0.39 is 6.04 Å². The number of ether oxygens (including phenoxy) is 1. The number of rotatable bonds is 9. The second kappa shape index (κ2) is 10.8. The third kappa shape index (κ3) is 6.34. The standard InChI is InChI=1S/C25H34N2O3/c1-7-19(4)26-25(29)20(5)27(16-22-9-8-10-23(14-22)30-6)24(28)15-21-12-11-17(2)18(3)13-21/h8-14,19-20H,7,15-16H2,1-6H3,(H,26,29)/t19-,20-/m1/s1. The molecule has 2 atom stereocenters. The Labute approximate surface area is 180 Å². The summed E-state index contributed by atoms with van der Waals surface area (Å²) in [6.45, 7) is 10.2. The van der Waals surface area contributed by atoms with E-state index in [1.54, 1.807) is 18.9 Å². The molecule has 0 fully saturated rings. The van der Waals surface area contributed by atoms with Crippen molar-refractivity contribution in [2.45, 2.75) is 66.1 Å². The highest BCUT2D eigenvalue weighted by Gasteiger charge is 2.27. The average Bonchev–Trinajstić information content (AvgIpc) is 2.74. The molecule has 2 aromatic rings. The van der Waals surface area contributed by atoms with E-state index in [1.807, 2.05) is 63.2 Å². The fraction of sp³-hybridized carbons (Fsp3) is 0.440. The highest BCUT2D eigenvalue weighted by Crippen LogP contribution is 2.18. The Balaban J connectivity index is 2.27. The lowest BCUT2D eigenvalue weighted by atomic mass is 10.0. The lowest BCUT2D eigenvalue weighted by Gasteiger charge is -2.30. The molecular formula is C25H34N2O3. The van der Waals surface area contributed by atoms with E-state index >= 15 is 0 Å². The predicted octanol–water partition coefficient (Wildman–Crippen LogP) is 4.19. The molecule has 2 amide bonds. The molecule has 0 saturated carbocycles. The average molecular weight is 411 g/mol. The highest BCUT2D eigenvalue weighted by molar-refractivity contribution is 5.88. The van der Waals surface area contributed by atoms with E-state index in [-0.39, 0.29) is 24.3 Å². The van der Waals surface area contributed by atoms with Gasteiger partial charge >= 0.3 is 0 Å². The zero-order valence-electron chi connectivity index (χ0n) is 19.0. The van der Waals surface area contributed by atoms with Gasteiger partial charge in [0, 0.05) is 12.6 Å². The fourth-order valence-corrected chi connectivity index (χ4v) is 3.21. The maximum Gasteiger partial charge on any atom is 0.242 e. The summed E-state index contributed by atoms with van der Waals surface area (Å²) in [5.41, 5.74) is 4.22. The number of carbonyl (C=O) groups excluding carboxylic acids is 2. The first-order chi connectivity index (χ1) is 14.2. The number of hydrogen-bond acceptors (Lipinski definition) is 3. The van der Waals surface area contributed by atoms with Crippen LogP contribution in [0, 0.1) is 13.8 Å². The first kappa shape index (κ1) is 23.5. The molecule has 1 N–H and O–H groups in total. The Morgan fingerprint density at radius 3 is 2.40 bits per heavy atom. The second-order valence-electron chi connectivity index (χ2n) is 7.96. The molecular weight excluding hydrogens is 376 g/mol. The first-order valence-corrected chi connectivity index (χ1v) is 10.5. The van der Waals surface area contributed by atoms with Crippen LogP contribution >= 0.6 is 0 Å². The topological polar surface area (TPSA) is 58.6 Å². The van der Waals surface area contributed by atoms with Crippen molar-refractivity contribution in [3.8, 4) is 5.75 Å². The molecule has 162 valence electrons. The normalized spacial score (nSPS) is 12.7. The molecule has 2 rings (SSSR count). The number of nitrogens with zero attached hydrogens (tertiary/aromatic N) is 1. The fourth-order valence-electron chi connectivity index (χ4n) is 3.21. The van der Waals surface area contributed by atoms with Gasteiger partial charge in [0.2, 0.25) is 11.8 Å². The summed E-state index contributed by atoms with van der Waals surface area (Å²) in [5.74, 6) is 0.513. The van der Waals surface area contributed by atoms with Gasteiger partial charge in [-0.05, 0) is 68.5 Å². The molecule has 2 aromatic carbocycles. The third-order valence-corrected chi connectivity index (χ3v) is 5.58. The first-order valence-electron chi connectivity index (χ1n) is 10.5. The van der Waals surface area contributed by atoms with Gasteiger partial charge in [-0.3, -0.25) is 9.59 Å². The molecule has 0 aliphatic heterocycles. The van der Waals surface area contributed by atoms with Crippen LogP contribution in [-0.4, -0.2) is 35.9 Å². The van der Waals surface area contributed by atoms with E-state index in [1.165, 1.54) is 5.56 Å². The van der Waals surface area contributed by atoms with Gasteiger partial charge < -0.3 is 15.0 Å². The molecule has 0 radical (unpaired) electrons. The van der Waals surface area contributed by atoms with Crippen LogP contribution in [0.5, 0.6) is 5.75 Å². The summed E-state index contributed by atoms with van der Waals surface area (Å²) in [7, 11) is 1.62. The minimum absolute atomic E-state index is 0.0634. The summed E-state index contributed by atoms with van der Waals surface area (Å²) in [6.07, 6.45) is 1.09. The molecule has 5 heteroatoms. The van der Waals surface area contributed by atoms with Crippen LogP contribution < -0.4 is 10.1 Å². The monoisotopic (exact) mass is 410 g/mol. The van der Waals surface area contributed by atoms with Gasteiger partial charge in [-0.15, -0.1) is 0 Å². The molecule has 0 heterocycles. The number of aryl methyl sites for hydroxylation is 2. The summed E-state index contributed by atoms with van der Waals surface area (Å²) in [4.78, 5) is 27.7. The van der Waals surface area contributed by atoms with Crippen LogP contribution in [0.2, 0.25) is 0 Å². The maximum atomic E-state index is 13.3. The summed E-state index contributed by atoms with van der Waals surface area (Å²) >= 11 is 0. The number of nitrogens with one attached hydrogen (secondary N) is 1. The van der Waals surface area contributed by atoms with Gasteiger partial charge in [0.15, 0.2) is 0 Å². The van der Waals surface area contributed by atoms with Crippen molar-refractivity contribution in [3.63, 3.8) is 0 Å². The van der Waals surface area contributed by atoms with Crippen LogP contribution in [0.15, 0.2) is 42.5 Å². The number of hydrogen-bond donors (Lipinski definition) is 1. The van der Waals surface area contributed by atoms with E-state index in [0.29, 0.717) is 6.54 Å². The lowest BCUT2D eigenvalue weighted by molar-refractivity contribution is -0.140. The molecule has 0 aliphatic rings. The zero-order chi connectivity index (χ0) is 22.3. The number of methoxy groups -OCH3 is 1. The molecule has 30 heavy (non-hydrogen) atoms. The maximum absolute atomic E-state index is 13.3. The van der Waals surface area contributed by atoms with Crippen molar-refractivity contribution in [1.82, 2.24) is 10.2 Å². The second-order valence-corrected chi connectivity index (χ2v) is 7.96. The number of amides is 2. The van der Waals surface area contributed by atoms with E-state index in [4.69, 9.17) is 4.74 Å². The van der Waals surface area contributed by atoms with Crippen LogP contribution in [-0.2, 0) is 22.6 Å². The minimum atomic E-state index is -0.579. The van der Waals surface area contributed by atoms with E-state index in [9.17, 15) is 9.59 Å². The van der Waals surface area contributed by atoms with E-state index in [0.717, 1.165) is 28.9 Å². The van der Waals surface area contributed by atoms with Crippen LogP contribution in [0.1, 0.15) is 49.4 Å². The minimum Gasteiger partial charge on any atom is -0.497 e.